The van der Waals surface area contributed by atoms with Crippen molar-refractivity contribution >= 4 is 0 Å². The van der Waals surface area contributed by atoms with Gasteiger partial charge in [-0.05, 0) is 55.7 Å². The summed E-state index contributed by atoms with van der Waals surface area (Å²) < 4.78 is 22.1. The van der Waals surface area contributed by atoms with Gasteiger partial charge in [-0.1, -0.05) is 45.0 Å². The zero-order valence-corrected chi connectivity index (χ0v) is 20.6. The third kappa shape index (κ3) is 9.33. The molecule has 0 radical (unpaired) electrons. The molecule has 2 N–H and O–H groups in total. The molecule has 0 aliphatic rings. The van der Waals surface area contributed by atoms with E-state index in [0.29, 0.717) is 18.1 Å². The maximum Gasteiger partial charge on any atom is 0.119 e. The highest BCUT2D eigenvalue weighted by molar-refractivity contribution is 5.41. The molecule has 184 valence electrons. The molecule has 0 amide bonds. The van der Waals surface area contributed by atoms with E-state index in [1.807, 2.05) is 69.3 Å². The SMILES string of the molecule is CCCOCC(O)COc1ccc(C(C)(C)c2ccc(OCC(O)COC(C)C)cc2)cc1. The molecule has 6 nitrogen and oxygen atoms in total. The minimum absolute atomic E-state index is 0.0820. The third-order valence-electron chi connectivity index (χ3n) is 5.32. The third-order valence-corrected chi connectivity index (χ3v) is 5.32. The topological polar surface area (TPSA) is 77.4 Å². The molecule has 6 heteroatoms. The van der Waals surface area contributed by atoms with Crippen LogP contribution in [0.4, 0.5) is 0 Å². The van der Waals surface area contributed by atoms with Crippen molar-refractivity contribution in [2.24, 2.45) is 0 Å². The van der Waals surface area contributed by atoms with Crippen LogP contribution in [-0.4, -0.2) is 61.6 Å². The standard InChI is InChI=1S/C27H40O6/c1-6-15-30-16-23(28)18-32-25-11-7-21(8-12-25)27(4,5)22-9-13-26(14-10-22)33-19-24(29)17-31-20(2)3/h7-14,20,23-24,28-29H,6,15-19H2,1-5H3. The van der Waals surface area contributed by atoms with E-state index in [2.05, 4.69) is 13.8 Å². The molecule has 2 aromatic rings. The molecule has 2 aromatic carbocycles. The molecule has 0 fully saturated rings. The first-order chi connectivity index (χ1) is 15.7. The Morgan fingerprint density at radius 3 is 1.61 bits per heavy atom. The first-order valence-electron chi connectivity index (χ1n) is 11.7. The van der Waals surface area contributed by atoms with Gasteiger partial charge in [-0.2, -0.15) is 0 Å². The normalized spacial score (nSPS) is 13.7. The van der Waals surface area contributed by atoms with E-state index in [1.165, 1.54) is 0 Å². The van der Waals surface area contributed by atoms with E-state index in [1.54, 1.807) is 0 Å². The highest BCUT2D eigenvalue weighted by Crippen LogP contribution is 2.33. The van der Waals surface area contributed by atoms with Gasteiger partial charge >= 0.3 is 0 Å². The molecule has 33 heavy (non-hydrogen) atoms. The number of aliphatic hydroxyl groups excluding tert-OH is 2. The summed E-state index contributed by atoms with van der Waals surface area (Å²) in [5.74, 6) is 1.43. The minimum atomic E-state index is -0.658. The van der Waals surface area contributed by atoms with Crippen molar-refractivity contribution in [2.45, 2.75) is 64.8 Å². The van der Waals surface area contributed by atoms with Crippen LogP contribution < -0.4 is 9.47 Å². The van der Waals surface area contributed by atoms with Crippen molar-refractivity contribution in [3.8, 4) is 11.5 Å². The van der Waals surface area contributed by atoms with E-state index in [9.17, 15) is 10.2 Å². The number of ether oxygens (including phenoxy) is 4. The Hall–Kier alpha value is -2.12. The van der Waals surface area contributed by atoms with Gasteiger partial charge in [-0.25, -0.2) is 0 Å². The predicted octanol–water partition coefficient (Wildman–Crippen LogP) is 4.34. The highest BCUT2D eigenvalue weighted by atomic mass is 16.5. The van der Waals surface area contributed by atoms with Gasteiger partial charge in [-0.15, -0.1) is 0 Å². The lowest BCUT2D eigenvalue weighted by Crippen LogP contribution is -2.25. The number of hydrogen-bond donors (Lipinski definition) is 2. The Bertz CT molecular complexity index is 785. The fourth-order valence-electron chi connectivity index (χ4n) is 3.25. The van der Waals surface area contributed by atoms with E-state index in [4.69, 9.17) is 18.9 Å². The summed E-state index contributed by atoms with van der Waals surface area (Å²) in [5, 5.41) is 19.9. The minimum Gasteiger partial charge on any atom is -0.491 e. The quantitative estimate of drug-likeness (QED) is 0.385. The predicted molar refractivity (Wildman–Crippen MR) is 130 cm³/mol. The van der Waals surface area contributed by atoms with Crippen LogP contribution >= 0.6 is 0 Å². The molecule has 0 saturated carbocycles. The lowest BCUT2D eigenvalue weighted by Gasteiger charge is -2.26. The van der Waals surface area contributed by atoms with Crippen molar-refractivity contribution in [2.75, 3.05) is 33.0 Å². The number of benzene rings is 2. The molecule has 0 heterocycles. The molecule has 0 aliphatic carbocycles. The summed E-state index contributed by atoms with van der Waals surface area (Å²) in [5.41, 5.74) is 2.09. The van der Waals surface area contributed by atoms with Crippen molar-refractivity contribution in [1.29, 1.82) is 0 Å². The Morgan fingerprint density at radius 2 is 1.18 bits per heavy atom. The summed E-state index contributed by atoms with van der Waals surface area (Å²) in [6.45, 7) is 11.8. The lowest BCUT2D eigenvalue weighted by molar-refractivity contribution is -0.0122. The fourth-order valence-corrected chi connectivity index (χ4v) is 3.25. The summed E-state index contributed by atoms with van der Waals surface area (Å²) >= 11 is 0. The average Bonchev–Trinajstić information content (AvgIpc) is 2.80. The summed E-state index contributed by atoms with van der Waals surface area (Å²) in [6, 6.07) is 15.9. The Morgan fingerprint density at radius 1 is 0.727 bits per heavy atom. The largest absolute Gasteiger partial charge is 0.491 e. The molecular formula is C27H40O6. The Kier molecular flexibility index (Phi) is 11.1. The summed E-state index contributed by atoms with van der Waals surface area (Å²) in [6.07, 6.45) is -0.289. The second kappa shape index (κ2) is 13.6. The van der Waals surface area contributed by atoms with Gasteiger partial charge in [-0.3, -0.25) is 0 Å². The molecule has 2 atom stereocenters. The molecule has 2 unspecified atom stereocenters. The zero-order valence-electron chi connectivity index (χ0n) is 20.6. The van der Waals surface area contributed by atoms with Crippen LogP contribution in [0.1, 0.15) is 52.2 Å². The van der Waals surface area contributed by atoms with Crippen LogP contribution in [0.3, 0.4) is 0 Å². The maximum atomic E-state index is 9.95. The molecule has 0 aliphatic heterocycles. The first-order valence-corrected chi connectivity index (χ1v) is 11.7. The molecule has 0 aromatic heterocycles. The van der Waals surface area contributed by atoms with Crippen molar-refractivity contribution in [3.63, 3.8) is 0 Å². The van der Waals surface area contributed by atoms with Crippen LogP contribution in [0.5, 0.6) is 11.5 Å². The van der Waals surface area contributed by atoms with E-state index in [0.717, 1.165) is 17.5 Å². The number of hydrogen-bond acceptors (Lipinski definition) is 6. The van der Waals surface area contributed by atoms with E-state index >= 15 is 0 Å². The van der Waals surface area contributed by atoms with Gasteiger partial charge in [0.25, 0.3) is 0 Å². The van der Waals surface area contributed by atoms with Crippen LogP contribution in [-0.2, 0) is 14.9 Å². The van der Waals surface area contributed by atoms with Gasteiger partial charge in [0.15, 0.2) is 0 Å². The van der Waals surface area contributed by atoms with E-state index in [-0.39, 0.29) is 37.9 Å². The van der Waals surface area contributed by atoms with Crippen LogP contribution in [0.15, 0.2) is 48.5 Å². The van der Waals surface area contributed by atoms with Crippen molar-refractivity contribution in [3.05, 3.63) is 59.7 Å². The smallest absolute Gasteiger partial charge is 0.119 e. The zero-order chi connectivity index (χ0) is 24.3. The van der Waals surface area contributed by atoms with Gasteiger partial charge < -0.3 is 29.2 Å². The van der Waals surface area contributed by atoms with Crippen LogP contribution in [0.25, 0.3) is 0 Å². The van der Waals surface area contributed by atoms with Crippen molar-refractivity contribution < 1.29 is 29.2 Å². The average molecular weight is 461 g/mol. The monoisotopic (exact) mass is 460 g/mol. The Labute approximate surface area is 198 Å². The highest BCUT2D eigenvalue weighted by Gasteiger charge is 2.23. The van der Waals surface area contributed by atoms with Gasteiger partial charge in [0.1, 0.15) is 36.9 Å². The molecule has 0 spiro atoms. The number of rotatable bonds is 15. The molecular weight excluding hydrogens is 420 g/mol. The Balaban J connectivity index is 1.89. The summed E-state index contributed by atoms with van der Waals surface area (Å²) in [4.78, 5) is 0. The fraction of sp³-hybridized carbons (Fsp3) is 0.556. The molecule has 0 bridgehead atoms. The molecule has 2 rings (SSSR count). The summed E-state index contributed by atoms with van der Waals surface area (Å²) in [7, 11) is 0. The first kappa shape index (κ1) is 27.1. The second-order valence-electron chi connectivity index (χ2n) is 9.06. The van der Waals surface area contributed by atoms with Gasteiger partial charge in [0, 0.05) is 12.0 Å². The van der Waals surface area contributed by atoms with Gasteiger partial charge in [0.2, 0.25) is 0 Å². The lowest BCUT2D eigenvalue weighted by atomic mass is 9.78. The van der Waals surface area contributed by atoms with Crippen LogP contribution in [0.2, 0.25) is 0 Å². The molecule has 0 saturated heterocycles. The van der Waals surface area contributed by atoms with Crippen molar-refractivity contribution in [1.82, 2.24) is 0 Å². The van der Waals surface area contributed by atoms with E-state index < -0.39 is 12.2 Å². The number of aliphatic hydroxyl groups is 2. The maximum absolute atomic E-state index is 9.95. The van der Waals surface area contributed by atoms with Gasteiger partial charge in [0.05, 0.1) is 19.3 Å². The van der Waals surface area contributed by atoms with Crippen LogP contribution in [0, 0.1) is 0 Å². The second-order valence-corrected chi connectivity index (χ2v) is 9.06.